The lowest BCUT2D eigenvalue weighted by atomic mass is 9.84. The fourth-order valence-electron chi connectivity index (χ4n) is 3.54. The van der Waals surface area contributed by atoms with E-state index in [0.717, 1.165) is 32.8 Å². The summed E-state index contributed by atoms with van der Waals surface area (Å²) in [6.07, 6.45) is 1.82. The monoisotopic (exact) mass is 343 g/mol. The molecule has 4 aromatic rings. The summed E-state index contributed by atoms with van der Waals surface area (Å²) in [4.78, 5) is 4.68. The van der Waals surface area contributed by atoms with Crippen LogP contribution in [0.15, 0.2) is 60.8 Å². The molecule has 1 heterocycles. The molecule has 0 saturated heterocycles. The lowest BCUT2D eigenvalue weighted by molar-refractivity contribution is 0.590. The maximum Gasteiger partial charge on any atom is 0.123 e. The number of nitrogens with zero attached hydrogens (tertiary/aromatic N) is 1. The second-order valence-corrected chi connectivity index (χ2v) is 8.02. The zero-order chi connectivity index (χ0) is 18.5. The highest BCUT2D eigenvalue weighted by atomic mass is 19.1. The molecule has 26 heavy (non-hydrogen) atoms. The van der Waals surface area contributed by atoms with E-state index in [1.807, 2.05) is 24.4 Å². The molecule has 1 nitrogen and oxygen atoms in total. The first kappa shape index (κ1) is 16.7. The molecule has 0 aliphatic rings. The predicted molar refractivity (Wildman–Crippen MR) is 108 cm³/mol. The third-order valence-electron chi connectivity index (χ3n) is 4.94. The largest absolute Gasteiger partial charge is 0.256 e. The summed E-state index contributed by atoms with van der Waals surface area (Å²) in [7, 11) is 0. The van der Waals surface area contributed by atoms with Crippen molar-refractivity contribution >= 4 is 21.5 Å². The van der Waals surface area contributed by atoms with Crippen LogP contribution in [0.25, 0.3) is 32.8 Å². The number of aryl methyl sites for hydroxylation is 1. The van der Waals surface area contributed by atoms with Crippen molar-refractivity contribution in [1.82, 2.24) is 4.98 Å². The molecule has 0 fully saturated rings. The summed E-state index contributed by atoms with van der Waals surface area (Å²) in [5.41, 5.74) is 4.64. The molecule has 130 valence electrons. The third kappa shape index (κ3) is 2.86. The Morgan fingerprint density at radius 3 is 2.35 bits per heavy atom. The van der Waals surface area contributed by atoms with Crippen LogP contribution in [0.2, 0.25) is 0 Å². The molecular weight excluding hydrogens is 321 g/mol. The number of fused-ring (bicyclic) bond motifs is 3. The number of hydrogen-bond donors (Lipinski definition) is 0. The Balaban J connectivity index is 2.03. The Hall–Kier alpha value is -2.74. The Morgan fingerprint density at radius 1 is 0.808 bits per heavy atom. The Bertz CT molecular complexity index is 1140. The zero-order valence-corrected chi connectivity index (χ0v) is 15.6. The van der Waals surface area contributed by atoms with E-state index in [-0.39, 0.29) is 11.2 Å². The molecule has 0 N–H and O–H groups in total. The van der Waals surface area contributed by atoms with Gasteiger partial charge < -0.3 is 0 Å². The van der Waals surface area contributed by atoms with Crippen LogP contribution < -0.4 is 0 Å². The van der Waals surface area contributed by atoms with Gasteiger partial charge >= 0.3 is 0 Å². The van der Waals surface area contributed by atoms with E-state index in [1.165, 1.54) is 17.2 Å². The van der Waals surface area contributed by atoms with Crippen molar-refractivity contribution < 1.29 is 4.39 Å². The Morgan fingerprint density at radius 2 is 1.58 bits per heavy atom. The van der Waals surface area contributed by atoms with Gasteiger partial charge in [-0.3, -0.25) is 4.98 Å². The molecule has 1 aromatic heterocycles. The number of rotatable bonds is 1. The van der Waals surface area contributed by atoms with Crippen LogP contribution in [-0.4, -0.2) is 4.98 Å². The van der Waals surface area contributed by atoms with Crippen molar-refractivity contribution in [2.24, 2.45) is 0 Å². The molecule has 0 aliphatic heterocycles. The molecule has 0 spiro atoms. The maximum absolute atomic E-state index is 13.8. The van der Waals surface area contributed by atoms with Gasteiger partial charge in [-0.25, -0.2) is 4.39 Å². The van der Waals surface area contributed by atoms with Gasteiger partial charge in [0, 0.05) is 17.1 Å². The van der Waals surface area contributed by atoms with Crippen molar-refractivity contribution in [2.75, 3.05) is 0 Å². The summed E-state index contributed by atoms with van der Waals surface area (Å²) in [6, 6.07) is 17.7. The van der Waals surface area contributed by atoms with Gasteiger partial charge in [0.25, 0.3) is 0 Å². The first-order valence-electron chi connectivity index (χ1n) is 8.92. The lowest BCUT2D eigenvalue weighted by Gasteiger charge is -2.21. The third-order valence-corrected chi connectivity index (χ3v) is 4.94. The average molecular weight is 343 g/mol. The first-order chi connectivity index (χ1) is 12.3. The second kappa shape index (κ2) is 5.91. The first-order valence-corrected chi connectivity index (χ1v) is 8.92. The SMILES string of the molecule is Cc1cc(-c2nccc3c2ccc2ccc(F)cc23)cc(C(C)(C)C)c1. The molecule has 3 aromatic carbocycles. The number of hydrogen-bond acceptors (Lipinski definition) is 1. The summed E-state index contributed by atoms with van der Waals surface area (Å²) in [6.45, 7) is 8.78. The van der Waals surface area contributed by atoms with Gasteiger partial charge in [0.15, 0.2) is 0 Å². The molecular formula is C24H22FN. The summed E-state index contributed by atoms with van der Waals surface area (Å²) in [5, 5.41) is 4.05. The zero-order valence-electron chi connectivity index (χ0n) is 15.6. The Kier molecular flexibility index (Phi) is 3.80. The molecule has 4 rings (SSSR count). The molecule has 0 saturated carbocycles. The van der Waals surface area contributed by atoms with Crippen molar-refractivity contribution in [1.29, 1.82) is 0 Å². The van der Waals surface area contributed by atoms with Crippen molar-refractivity contribution in [3.8, 4) is 11.3 Å². The van der Waals surface area contributed by atoms with Crippen molar-refractivity contribution in [3.63, 3.8) is 0 Å². The van der Waals surface area contributed by atoms with Crippen LogP contribution in [0.5, 0.6) is 0 Å². The van der Waals surface area contributed by atoms with Gasteiger partial charge in [0.05, 0.1) is 5.69 Å². The van der Waals surface area contributed by atoms with Gasteiger partial charge in [0.1, 0.15) is 5.82 Å². The lowest BCUT2D eigenvalue weighted by Crippen LogP contribution is -2.11. The van der Waals surface area contributed by atoms with Gasteiger partial charge in [0.2, 0.25) is 0 Å². The van der Waals surface area contributed by atoms with Crippen LogP contribution in [0.1, 0.15) is 31.9 Å². The highest BCUT2D eigenvalue weighted by Gasteiger charge is 2.16. The number of benzene rings is 3. The van der Waals surface area contributed by atoms with Gasteiger partial charge in [-0.15, -0.1) is 0 Å². The molecule has 0 radical (unpaired) electrons. The standard InChI is InChI=1S/C24H22FN/c1-15-11-17(13-18(12-15)24(2,3)4)23-21-8-6-16-5-7-19(25)14-22(16)20(21)9-10-26-23/h5-14H,1-4H3. The topological polar surface area (TPSA) is 12.9 Å². The quantitative estimate of drug-likeness (QED) is 0.346. The van der Waals surface area contributed by atoms with E-state index in [4.69, 9.17) is 0 Å². The van der Waals surface area contributed by atoms with Gasteiger partial charge in [-0.05, 0) is 64.4 Å². The van der Waals surface area contributed by atoms with E-state index in [9.17, 15) is 4.39 Å². The fraction of sp³-hybridized carbons (Fsp3) is 0.208. The average Bonchev–Trinajstić information content (AvgIpc) is 2.59. The highest BCUT2D eigenvalue weighted by molar-refractivity contribution is 6.11. The summed E-state index contributed by atoms with van der Waals surface area (Å²) in [5.74, 6) is -0.214. The molecule has 0 aliphatic carbocycles. The minimum atomic E-state index is -0.214. The maximum atomic E-state index is 13.8. The minimum absolute atomic E-state index is 0.0706. The van der Waals surface area contributed by atoms with Crippen LogP contribution in [0.3, 0.4) is 0 Å². The minimum Gasteiger partial charge on any atom is -0.256 e. The number of aromatic nitrogens is 1. The van der Waals surface area contributed by atoms with Gasteiger partial charge in [-0.2, -0.15) is 0 Å². The molecule has 2 heteroatoms. The summed E-state index contributed by atoms with van der Waals surface area (Å²) < 4.78 is 13.8. The van der Waals surface area contributed by atoms with Crippen LogP contribution >= 0.6 is 0 Å². The van der Waals surface area contributed by atoms with Crippen molar-refractivity contribution in [2.45, 2.75) is 33.1 Å². The van der Waals surface area contributed by atoms with Crippen LogP contribution in [0, 0.1) is 12.7 Å². The van der Waals surface area contributed by atoms with E-state index < -0.39 is 0 Å². The molecule has 0 amide bonds. The second-order valence-electron chi connectivity index (χ2n) is 8.02. The fourth-order valence-corrected chi connectivity index (χ4v) is 3.54. The van der Waals surface area contributed by atoms with E-state index in [0.29, 0.717) is 0 Å². The number of pyridine rings is 1. The Labute approximate surface area is 153 Å². The highest BCUT2D eigenvalue weighted by Crippen LogP contribution is 2.34. The number of halogens is 1. The van der Waals surface area contributed by atoms with E-state index >= 15 is 0 Å². The molecule has 0 bridgehead atoms. The van der Waals surface area contributed by atoms with Crippen molar-refractivity contribution in [3.05, 3.63) is 77.7 Å². The van der Waals surface area contributed by atoms with E-state index in [1.54, 1.807) is 6.07 Å². The van der Waals surface area contributed by atoms with Crippen LogP contribution in [-0.2, 0) is 5.41 Å². The molecule has 0 atom stereocenters. The smallest absolute Gasteiger partial charge is 0.123 e. The van der Waals surface area contributed by atoms with Gasteiger partial charge in [-0.1, -0.05) is 50.6 Å². The molecule has 0 unspecified atom stereocenters. The van der Waals surface area contributed by atoms with E-state index in [2.05, 4.69) is 56.9 Å². The normalized spacial score (nSPS) is 12.0. The summed E-state index contributed by atoms with van der Waals surface area (Å²) >= 11 is 0. The van der Waals surface area contributed by atoms with Crippen LogP contribution in [0.4, 0.5) is 4.39 Å². The predicted octanol–water partition coefficient (Wildman–Crippen LogP) is 6.80.